The lowest BCUT2D eigenvalue weighted by molar-refractivity contribution is 0.238. The molecular weight excluding hydrogens is 378 g/mol. The summed E-state index contributed by atoms with van der Waals surface area (Å²) in [6.45, 7) is 7.28. The first-order valence-electron chi connectivity index (χ1n) is 10.4. The minimum absolute atomic E-state index is 0.409. The number of nitrogens with zero attached hydrogens (tertiary/aromatic N) is 4. The molecule has 0 aliphatic heterocycles. The smallest absolute Gasteiger partial charge is 0.216 e. The van der Waals surface area contributed by atoms with E-state index in [-0.39, 0.29) is 0 Å². The van der Waals surface area contributed by atoms with E-state index in [9.17, 15) is 0 Å². The van der Waals surface area contributed by atoms with Crippen molar-refractivity contribution in [2.24, 2.45) is 4.99 Å². The first-order chi connectivity index (χ1) is 14.7. The molecule has 0 amide bonds. The summed E-state index contributed by atoms with van der Waals surface area (Å²) in [5.41, 5.74) is 1.33. The number of guanidine groups is 1. The Morgan fingerprint density at radius 2 is 2.03 bits per heavy atom. The fourth-order valence-corrected chi connectivity index (χ4v) is 3.02. The van der Waals surface area contributed by atoms with Crippen LogP contribution in [0.2, 0.25) is 0 Å². The second-order valence-electron chi connectivity index (χ2n) is 7.24. The number of aromatic amines is 1. The van der Waals surface area contributed by atoms with Crippen molar-refractivity contribution in [1.29, 1.82) is 0 Å². The molecule has 8 nitrogen and oxygen atoms in total. The quantitative estimate of drug-likeness (QED) is 0.352. The van der Waals surface area contributed by atoms with Gasteiger partial charge in [0, 0.05) is 25.7 Å². The van der Waals surface area contributed by atoms with Crippen molar-refractivity contribution in [3.63, 3.8) is 0 Å². The number of furan rings is 1. The molecule has 2 heterocycles. The monoisotopic (exact) mass is 409 g/mol. The molecule has 3 rings (SSSR count). The zero-order valence-electron chi connectivity index (χ0n) is 17.9. The summed E-state index contributed by atoms with van der Waals surface area (Å²) in [7, 11) is 2.16. The molecule has 1 atom stereocenters. The fraction of sp³-hybridized carbons (Fsp3) is 0.409. The predicted octanol–water partition coefficient (Wildman–Crippen LogP) is 3.03. The molecule has 30 heavy (non-hydrogen) atoms. The van der Waals surface area contributed by atoms with Crippen LogP contribution in [-0.2, 0) is 13.1 Å². The molecule has 8 heteroatoms. The zero-order chi connectivity index (χ0) is 21.2. The summed E-state index contributed by atoms with van der Waals surface area (Å²) in [6.07, 6.45) is 2.62. The standard InChI is InChI=1S/C22H31N7O/c1-4-23-22(25-15-20-26-21(28-27-20)19-11-8-14-30-19)24-13-12-17(2)29(3)16-18-9-6-5-7-10-18/h5-11,14,17H,4,12-13,15-16H2,1-3H3,(H2,23,24,25)(H,26,27,28). The summed E-state index contributed by atoms with van der Waals surface area (Å²) in [5, 5.41) is 13.8. The number of nitrogens with one attached hydrogen (secondary N) is 3. The molecule has 0 bridgehead atoms. The molecule has 0 aliphatic rings. The fourth-order valence-electron chi connectivity index (χ4n) is 3.02. The largest absolute Gasteiger partial charge is 0.461 e. The Balaban J connectivity index is 1.46. The van der Waals surface area contributed by atoms with Crippen LogP contribution >= 0.6 is 0 Å². The number of rotatable bonds is 10. The minimum atomic E-state index is 0.409. The van der Waals surface area contributed by atoms with E-state index in [1.54, 1.807) is 6.26 Å². The highest BCUT2D eigenvalue weighted by Crippen LogP contribution is 2.14. The second kappa shape index (κ2) is 11.2. The molecule has 3 N–H and O–H groups in total. The number of aliphatic imine (C=N–C) groups is 1. The van der Waals surface area contributed by atoms with Gasteiger partial charge in [0.2, 0.25) is 5.82 Å². The van der Waals surface area contributed by atoms with Crippen LogP contribution in [0.1, 0.15) is 31.7 Å². The Morgan fingerprint density at radius 1 is 1.20 bits per heavy atom. The maximum Gasteiger partial charge on any atom is 0.216 e. The molecule has 3 aromatic rings. The summed E-state index contributed by atoms with van der Waals surface area (Å²) in [6, 6.07) is 14.6. The molecule has 160 valence electrons. The minimum Gasteiger partial charge on any atom is -0.461 e. The van der Waals surface area contributed by atoms with Gasteiger partial charge in [-0.15, -0.1) is 5.10 Å². The van der Waals surface area contributed by atoms with E-state index in [4.69, 9.17) is 4.42 Å². The topological polar surface area (TPSA) is 94.4 Å². The van der Waals surface area contributed by atoms with Crippen molar-refractivity contribution in [3.8, 4) is 11.6 Å². The van der Waals surface area contributed by atoms with Crippen molar-refractivity contribution in [1.82, 2.24) is 30.7 Å². The van der Waals surface area contributed by atoms with Gasteiger partial charge >= 0.3 is 0 Å². The average molecular weight is 410 g/mol. The van der Waals surface area contributed by atoms with Crippen molar-refractivity contribution in [3.05, 3.63) is 60.1 Å². The van der Waals surface area contributed by atoms with Gasteiger partial charge in [-0.25, -0.2) is 9.98 Å². The van der Waals surface area contributed by atoms with Crippen LogP contribution in [-0.4, -0.2) is 52.2 Å². The second-order valence-corrected chi connectivity index (χ2v) is 7.24. The van der Waals surface area contributed by atoms with Gasteiger partial charge in [-0.05, 0) is 45.0 Å². The number of hydrogen-bond donors (Lipinski definition) is 3. The Hall–Kier alpha value is -3.13. The molecule has 0 saturated heterocycles. The van der Waals surface area contributed by atoms with Crippen LogP contribution in [0.25, 0.3) is 11.6 Å². The first kappa shape index (κ1) is 21.6. The van der Waals surface area contributed by atoms with Gasteiger partial charge in [0.15, 0.2) is 11.7 Å². The summed E-state index contributed by atoms with van der Waals surface area (Å²) >= 11 is 0. The molecule has 0 fully saturated rings. The lowest BCUT2D eigenvalue weighted by atomic mass is 10.1. The maximum atomic E-state index is 5.32. The van der Waals surface area contributed by atoms with Gasteiger partial charge in [0.05, 0.1) is 6.26 Å². The van der Waals surface area contributed by atoms with E-state index in [0.717, 1.165) is 32.0 Å². The number of hydrogen-bond acceptors (Lipinski definition) is 5. The van der Waals surface area contributed by atoms with Crippen LogP contribution in [0, 0.1) is 0 Å². The highest BCUT2D eigenvalue weighted by molar-refractivity contribution is 5.79. The molecule has 1 unspecified atom stereocenters. The maximum absolute atomic E-state index is 5.32. The summed E-state index contributed by atoms with van der Waals surface area (Å²) in [4.78, 5) is 11.4. The van der Waals surface area contributed by atoms with Crippen LogP contribution < -0.4 is 10.6 Å². The molecule has 0 aliphatic carbocycles. The number of H-pyrrole nitrogens is 1. The number of benzene rings is 1. The van der Waals surface area contributed by atoms with E-state index in [1.165, 1.54) is 5.56 Å². The lowest BCUT2D eigenvalue weighted by Gasteiger charge is -2.25. The third-order valence-electron chi connectivity index (χ3n) is 4.89. The average Bonchev–Trinajstić information content (AvgIpc) is 3.44. The third-order valence-corrected chi connectivity index (χ3v) is 4.89. The van der Waals surface area contributed by atoms with Gasteiger partial charge in [-0.2, -0.15) is 0 Å². The van der Waals surface area contributed by atoms with Gasteiger partial charge in [0.1, 0.15) is 12.4 Å². The molecular formula is C22H31N7O. The van der Waals surface area contributed by atoms with Crippen LogP contribution in [0.3, 0.4) is 0 Å². The number of aromatic nitrogens is 3. The van der Waals surface area contributed by atoms with Crippen LogP contribution in [0.15, 0.2) is 58.1 Å². The first-order valence-corrected chi connectivity index (χ1v) is 10.4. The third kappa shape index (κ3) is 6.45. The van der Waals surface area contributed by atoms with Gasteiger partial charge in [-0.3, -0.25) is 10.00 Å². The molecule has 1 aromatic carbocycles. The van der Waals surface area contributed by atoms with E-state index >= 15 is 0 Å². The summed E-state index contributed by atoms with van der Waals surface area (Å²) in [5.74, 6) is 2.64. The Kier molecular flexibility index (Phi) is 8.02. The van der Waals surface area contributed by atoms with Crippen LogP contribution in [0.5, 0.6) is 0 Å². The van der Waals surface area contributed by atoms with Gasteiger partial charge in [0.25, 0.3) is 0 Å². The Morgan fingerprint density at radius 3 is 2.77 bits per heavy atom. The van der Waals surface area contributed by atoms with Crippen molar-refractivity contribution in [2.75, 3.05) is 20.1 Å². The van der Waals surface area contributed by atoms with Crippen molar-refractivity contribution < 1.29 is 4.42 Å². The SMILES string of the molecule is CCNC(=NCc1nc(-c2ccco2)n[nH]1)NCCC(C)N(C)Cc1ccccc1. The molecule has 2 aromatic heterocycles. The van der Waals surface area contributed by atoms with Gasteiger partial charge in [-0.1, -0.05) is 30.3 Å². The normalized spacial score (nSPS) is 12.9. The predicted molar refractivity (Wildman–Crippen MR) is 119 cm³/mol. The lowest BCUT2D eigenvalue weighted by Crippen LogP contribution is -2.40. The Labute approximate surface area is 177 Å². The van der Waals surface area contributed by atoms with E-state index in [2.05, 4.69) is 86.9 Å². The Bertz CT molecular complexity index is 889. The zero-order valence-corrected chi connectivity index (χ0v) is 17.9. The van der Waals surface area contributed by atoms with Crippen molar-refractivity contribution >= 4 is 5.96 Å². The van der Waals surface area contributed by atoms with Gasteiger partial charge < -0.3 is 15.1 Å². The highest BCUT2D eigenvalue weighted by Gasteiger charge is 2.11. The van der Waals surface area contributed by atoms with Crippen LogP contribution in [0.4, 0.5) is 0 Å². The highest BCUT2D eigenvalue weighted by atomic mass is 16.3. The van der Waals surface area contributed by atoms with E-state index in [0.29, 0.717) is 30.0 Å². The van der Waals surface area contributed by atoms with E-state index in [1.807, 2.05) is 12.1 Å². The summed E-state index contributed by atoms with van der Waals surface area (Å²) < 4.78 is 5.32. The molecule has 0 saturated carbocycles. The van der Waals surface area contributed by atoms with Crippen molar-refractivity contribution in [2.45, 2.75) is 39.4 Å². The van der Waals surface area contributed by atoms with E-state index < -0.39 is 0 Å². The molecule has 0 spiro atoms. The molecule has 0 radical (unpaired) electrons.